The summed E-state index contributed by atoms with van der Waals surface area (Å²) >= 11 is 0. The number of rotatable bonds is 6. The summed E-state index contributed by atoms with van der Waals surface area (Å²) in [4.78, 5) is 11.8. The Balaban J connectivity index is 1.54. The molecule has 5 heteroatoms. The van der Waals surface area contributed by atoms with Gasteiger partial charge in [0.1, 0.15) is 11.6 Å². The van der Waals surface area contributed by atoms with Gasteiger partial charge in [0.2, 0.25) is 0 Å². The van der Waals surface area contributed by atoms with E-state index in [4.69, 9.17) is 4.74 Å². The molecule has 122 valence electrons. The number of ether oxygens (including phenoxy) is 1. The van der Waals surface area contributed by atoms with Gasteiger partial charge in [-0.25, -0.2) is 9.18 Å². The standard InChI is InChI=1S/C17H25FN2O2/c18-14-8-10-16(11-9-14)22-13-5-12-19-17(21)20-15-6-3-1-2-4-7-15/h8-11,15H,1-7,12-13H2,(H2,19,20,21). The molecule has 0 spiro atoms. The molecule has 22 heavy (non-hydrogen) atoms. The zero-order valence-electron chi connectivity index (χ0n) is 12.9. The number of hydrogen-bond acceptors (Lipinski definition) is 2. The van der Waals surface area contributed by atoms with E-state index in [2.05, 4.69) is 10.6 Å². The van der Waals surface area contributed by atoms with Crippen molar-refractivity contribution in [2.45, 2.75) is 51.0 Å². The van der Waals surface area contributed by atoms with Crippen LogP contribution in [0.15, 0.2) is 24.3 Å². The maximum absolute atomic E-state index is 12.7. The average Bonchev–Trinajstić information content (AvgIpc) is 2.77. The van der Waals surface area contributed by atoms with Gasteiger partial charge in [-0.15, -0.1) is 0 Å². The molecule has 1 aliphatic rings. The number of benzene rings is 1. The summed E-state index contributed by atoms with van der Waals surface area (Å²) < 4.78 is 18.2. The first-order valence-electron chi connectivity index (χ1n) is 8.17. The van der Waals surface area contributed by atoms with Crippen LogP contribution in [0.4, 0.5) is 9.18 Å². The van der Waals surface area contributed by atoms with Crippen LogP contribution in [-0.2, 0) is 0 Å². The summed E-state index contributed by atoms with van der Waals surface area (Å²) in [7, 11) is 0. The number of hydrogen-bond donors (Lipinski definition) is 2. The molecule has 2 amide bonds. The summed E-state index contributed by atoms with van der Waals surface area (Å²) in [5.74, 6) is 0.369. The van der Waals surface area contributed by atoms with Gasteiger partial charge in [0, 0.05) is 12.6 Å². The lowest BCUT2D eigenvalue weighted by Gasteiger charge is -2.16. The van der Waals surface area contributed by atoms with Crippen LogP contribution >= 0.6 is 0 Å². The van der Waals surface area contributed by atoms with Crippen LogP contribution in [0.2, 0.25) is 0 Å². The van der Waals surface area contributed by atoms with Gasteiger partial charge in [0.05, 0.1) is 6.61 Å². The van der Waals surface area contributed by atoms with Gasteiger partial charge in [-0.2, -0.15) is 0 Å². The molecule has 0 unspecified atom stereocenters. The van der Waals surface area contributed by atoms with Crippen molar-refractivity contribution in [3.63, 3.8) is 0 Å². The molecule has 1 saturated carbocycles. The van der Waals surface area contributed by atoms with Crippen molar-refractivity contribution in [3.05, 3.63) is 30.1 Å². The molecule has 4 nitrogen and oxygen atoms in total. The minimum Gasteiger partial charge on any atom is -0.494 e. The van der Waals surface area contributed by atoms with Crippen LogP contribution in [0.5, 0.6) is 5.75 Å². The number of nitrogens with one attached hydrogen (secondary N) is 2. The number of carbonyl (C=O) groups excluding carboxylic acids is 1. The number of halogens is 1. The van der Waals surface area contributed by atoms with Gasteiger partial charge < -0.3 is 15.4 Å². The quantitative estimate of drug-likeness (QED) is 0.623. The smallest absolute Gasteiger partial charge is 0.315 e. The van der Waals surface area contributed by atoms with Crippen LogP contribution < -0.4 is 15.4 Å². The minimum absolute atomic E-state index is 0.0892. The zero-order chi connectivity index (χ0) is 15.6. The Hall–Kier alpha value is -1.78. The topological polar surface area (TPSA) is 50.4 Å². The third kappa shape index (κ3) is 6.33. The monoisotopic (exact) mass is 308 g/mol. The first-order chi connectivity index (χ1) is 10.7. The van der Waals surface area contributed by atoms with Crippen LogP contribution in [0.1, 0.15) is 44.9 Å². The summed E-state index contributed by atoms with van der Waals surface area (Å²) in [6.45, 7) is 1.06. The van der Waals surface area contributed by atoms with Crippen LogP contribution in [0.3, 0.4) is 0 Å². The fourth-order valence-electron chi connectivity index (χ4n) is 2.66. The lowest BCUT2D eigenvalue weighted by Crippen LogP contribution is -2.42. The van der Waals surface area contributed by atoms with Gasteiger partial charge in [0.25, 0.3) is 0 Å². The molecule has 0 bridgehead atoms. The van der Waals surface area contributed by atoms with E-state index in [1.165, 1.54) is 37.8 Å². The van der Waals surface area contributed by atoms with Gasteiger partial charge in [-0.1, -0.05) is 25.7 Å². The van der Waals surface area contributed by atoms with Gasteiger partial charge in [-0.05, 0) is 43.5 Å². The van der Waals surface area contributed by atoms with E-state index in [9.17, 15) is 9.18 Å². The first-order valence-corrected chi connectivity index (χ1v) is 8.17. The van der Waals surface area contributed by atoms with Crippen molar-refractivity contribution in [1.82, 2.24) is 10.6 Å². The van der Waals surface area contributed by atoms with E-state index >= 15 is 0 Å². The Kier molecular flexibility index (Phi) is 7.00. The Bertz CT molecular complexity index is 442. The Morgan fingerprint density at radius 1 is 1.14 bits per heavy atom. The molecule has 2 rings (SSSR count). The van der Waals surface area contributed by atoms with Crippen LogP contribution in [-0.4, -0.2) is 25.2 Å². The molecule has 0 saturated heterocycles. The van der Waals surface area contributed by atoms with E-state index < -0.39 is 0 Å². The third-order valence-electron chi connectivity index (χ3n) is 3.88. The largest absolute Gasteiger partial charge is 0.494 e. The molecule has 1 aliphatic carbocycles. The molecule has 0 aromatic heterocycles. The summed E-state index contributed by atoms with van der Waals surface area (Å²) in [5, 5.41) is 5.90. The molecular formula is C17H25FN2O2. The SMILES string of the molecule is O=C(NCCCOc1ccc(F)cc1)NC1CCCCCC1. The van der Waals surface area contributed by atoms with Crippen molar-refractivity contribution in [2.75, 3.05) is 13.2 Å². The highest BCUT2D eigenvalue weighted by Gasteiger charge is 2.13. The fourth-order valence-corrected chi connectivity index (χ4v) is 2.66. The highest BCUT2D eigenvalue weighted by atomic mass is 19.1. The average molecular weight is 308 g/mol. The molecule has 0 radical (unpaired) electrons. The van der Waals surface area contributed by atoms with Gasteiger partial charge >= 0.3 is 6.03 Å². The number of carbonyl (C=O) groups is 1. The molecule has 0 aliphatic heterocycles. The predicted molar refractivity (Wildman–Crippen MR) is 84.5 cm³/mol. The van der Waals surface area contributed by atoms with Gasteiger partial charge in [-0.3, -0.25) is 0 Å². The minimum atomic E-state index is -0.274. The van der Waals surface area contributed by atoms with E-state index in [1.807, 2.05) is 0 Å². The summed E-state index contributed by atoms with van der Waals surface area (Å²) in [5.41, 5.74) is 0. The molecule has 0 atom stereocenters. The Morgan fingerprint density at radius 2 is 1.82 bits per heavy atom. The summed E-state index contributed by atoms with van der Waals surface area (Å²) in [6, 6.07) is 6.16. The first kappa shape index (κ1) is 16.6. The maximum Gasteiger partial charge on any atom is 0.315 e. The lowest BCUT2D eigenvalue weighted by atomic mass is 10.1. The molecule has 2 N–H and O–H groups in total. The predicted octanol–water partition coefficient (Wildman–Crippen LogP) is 3.62. The van der Waals surface area contributed by atoms with E-state index in [0.29, 0.717) is 24.9 Å². The number of urea groups is 1. The second kappa shape index (κ2) is 9.28. The van der Waals surface area contributed by atoms with Crippen LogP contribution in [0.25, 0.3) is 0 Å². The second-order valence-electron chi connectivity index (χ2n) is 5.74. The Morgan fingerprint density at radius 3 is 2.50 bits per heavy atom. The molecule has 1 aromatic rings. The third-order valence-corrected chi connectivity index (χ3v) is 3.88. The van der Waals surface area contributed by atoms with Crippen molar-refractivity contribution < 1.29 is 13.9 Å². The van der Waals surface area contributed by atoms with Crippen molar-refractivity contribution >= 4 is 6.03 Å². The van der Waals surface area contributed by atoms with Crippen LogP contribution in [0, 0.1) is 5.82 Å². The fraction of sp³-hybridized carbons (Fsp3) is 0.588. The maximum atomic E-state index is 12.7. The van der Waals surface area contributed by atoms with E-state index in [-0.39, 0.29) is 11.8 Å². The molecule has 1 aromatic carbocycles. The van der Waals surface area contributed by atoms with Crippen molar-refractivity contribution in [2.24, 2.45) is 0 Å². The van der Waals surface area contributed by atoms with E-state index in [0.717, 1.165) is 19.3 Å². The molecular weight excluding hydrogens is 283 g/mol. The van der Waals surface area contributed by atoms with E-state index in [1.54, 1.807) is 12.1 Å². The normalized spacial score (nSPS) is 15.9. The molecule has 0 heterocycles. The summed E-state index contributed by atoms with van der Waals surface area (Å²) in [6.07, 6.45) is 7.85. The lowest BCUT2D eigenvalue weighted by molar-refractivity contribution is 0.234. The van der Waals surface area contributed by atoms with Gasteiger partial charge in [0.15, 0.2) is 0 Å². The highest BCUT2D eigenvalue weighted by Crippen LogP contribution is 2.17. The molecule has 1 fully saturated rings. The van der Waals surface area contributed by atoms with Crippen molar-refractivity contribution in [3.8, 4) is 5.75 Å². The zero-order valence-corrected chi connectivity index (χ0v) is 12.9. The Labute approximate surface area is 131 Å². The second-order valence-corrected chi connectivity index (χ2v) is 5.74. The highest BCUT2D eigenvalue weighted by molar-refractivity contribution is 5.74. The van der Waals surface area contributed by atoms with Crippen molar-refractivity contribution in [1.29, 1.82) is 0 Å². The number of amides is 2.